The molecular formula is C20H36N2O7. The molecule has 0 aromatic rings. The standard InChI is InChI=1S/C20H36N2O7/c1-18(2,3)27-15(23)21(10)13-11-22(16(24)28-19(4,5)6)12-14(13)26-17(25)29-20(7,8)9/h13-14H,11-12H2,1-10H3. The van der Waals surface area contributed by atoms with Crippen molar-refractivity contribution in [1.82, 2.24) is 9.80 Å². The lowest BCUT2D eigenvalue weighted by Crippen LogP contribution is -2.48. The number of ether oxygens (including phenoxy) is 4. The molecule has 0 radical (unpaired) electrons. The van der Waals surface area contributed by atoms with E-state index in [1.165, 1.54) is 9.80 Å². The van der Waals surface area contributed by atoms with Crippen molar-refractivity contribution in [1.29, 1.82) is 0 Å². The molecule has 2 unspecified atom stereocenters. The van der Waals surface area contributed by atoms with Gasteiger partial charge in [-0.2, -0.15) is 0 Å². The van der Waals surface area contributed by atoms with Crippen molar-refractivity contribution in [3.05, 3.63) is 0 Å². The Labute approximate surface area is 173 Å². The third-order valence-corrected chi connectivity index (χ3v) is 3.70. The highest BCUT2D eigenvalue weighted by Crippen LogP contribution is 2.24. The Hall–Kier alpha value is -2.19. The summed E-state index contributed by atoms with van der Waals surface area (Å²) < 4.78 is 21.5. The monoisotopic (exact) mass is 416 g/mol. The Morgan fingerprint density at radius 1 is 0.793 bits per heavy atom. The van der Waals surface area contributed by atoms with Gasteiger partial charge in [-0.3, -0.25) is 0 Å². The van der Waals surface area contributed by atoms with Gasteiger partial charge in [0.1, 0.15) is 22.9 Å². The first-order chi connectivity index (χ1) is 12.9. The van der Waals surface area contributed by atoms with Crippen LogP contribution in [0.15, 0.2) is 0 Å². The number of hydrogen-bond acceptors (Lipinski definition) is 7. The number of hydrogen-bond donors (Lipinski definition) is 0. The van der Waals surface area contributed by atoms with Crippen molar-refractivity contribution in [2.24, 2.45) is 0 Å². The van der Waals surface area contributed by atoms with Crippen LogP contribution in [0.2, 0.25) is 0 Å². The molecule has 0 N–H and O–H groups in total. The molecule has 0 spiro atoms. The van der Waals surface area contributed by atoms with Crippen LogP contribution < -0.4 is 0 Å². The minimum atomic E-state index is -0.865. The first-order valence-electron chi connectivity index (χ1n) is 9.71. The highest BCUT2D eigenvalue weighted by Gasteiger charge is 2.44. The quantitative estimate of drug-likeness (QED) is 0.499. The fourth-order valence-electron chi connectivity index (χ4n) is 2.59. The van der Waals surface area contributed by atoms with Crippen molar-refractivity contribution in [3.63, 3.8) is 0 Å². The zero-order valence-electron chi connectivity index (χ0n) is 19.3. The van der Waals surface area contributed by atoms with Crippen LogP contribution in [0, 0.1) is 0 Å². The number of likely N-dealkylation sites (tertiary alicyclic amines) is 1. The molecule has 9 heteroatoms. The predicted molar refractivity (Wildman–Crippen MR) is 107 cm³/mol. The first-order valence-corrected chi connectivity index (χ1v) is 9.71. The number of carbonyl (C=O) groups is 3. The van der Waals surface area contributed by atoms with Crippen molar-refractivity contribution < 1.29 is 33.3 Å². The highest BCUT2D eigenvalue weighted by molar-refractivity contribution is 5.71. The summed E-state index contributed by atoms with van der Waals surface area (Å²) in [6.07, 6.45) is -2.77. The van der Waals surface area contributed by atoms with Gasteiger partial charge in [0.15, 0.2) is 0 Å². The van der Waals surface area contributed by atoms with Crippen LogP contribution in [0.4, 0.5) is 14.4 Å². The Morgan fingerprint density at radius 2 is 1.28 bits per heavy atom. The Balaban J connectivity index is 2.98. The average molecular weight is 417 g/mol. The molecule has 1 aliphatic heterocycles. The summed E-state index contributed by atoms with van der Waals surface area (Å²) in [6, 6.07) is -0.607. The SMILES string of the molecule is CN(C(=O)OC(C)(C)C)C1CN(C(=O)OC(C)(C)C)CC1OC(=O)OC(C)(C)C. The van der Waals surface area contributed by atoms with Gasteiger partial charge in [-0.15, -0.1) is 0 Å². The molecule has 1 aliphatic rings. The van der Waals surface area contributed by atoms with Crippen LogP contribution in [0.5, 0.6) is 0 Å². The van der Waals surface area contributed by atoms with Gasteiger partial charge in [-0.05, 0) is 62.3 Å². The second-order valence-electron chi connectivity index (χ2n) is 10.2. The zero-order valence-corrected chi connectivity index (χ0v) is 19.3. The number of amides is 2. The van der Waals surface area contributed by atoms with Crippen LogP contribution in [0.1, 0.15) is 62.3 Å². The van der Waals surface area contributed by atoms with E-state index in [9.17, 15) is 14.4 Å². The average Bonchev–Trinajstić information content (AvgIpc) is 2.84. The smallest absolute Gasteiger partial charge is 0.444 e. The molecule has 0 aromatic carbocycles. The number of nitrogens with zero attached hydrogens (tertiary/aromatic N) is 2. The third-order valence-electron chi connectivity index (χ3n) is 3.70. The summed E-state index contributed by atoms with van der Waals surface area (Å²) in [5, 5.41) is 0. The Bertz CT molecular complexity index is 614. The molecule has 9 nitrogen and oxygen atoms in total. The van der Waals surface area contributed by atoms with E-state index < -0.39 is 47.3 Å². The molecule has 0 saturated carbocycles. The highest BCUT2D eigenvalue weighted by atomic mass is 16.7. The third kappa shape index (κ3) is 8.79. The molecule has 1 fully saturated rings. The summed E-state index contributed by atoms with van der Waals surface area (Å²) in [5.74, 6) is 0. The first kappa shape index (κ1) is 24.8. The maximum Gasteiger partial charge on any atom is 0.509 e. The van der Waals surface area contributed by atoms with Gasteiger partial charge in [0.25, 0.3) is 0 Å². The topological polar surface area (TPSA) is 94.6 Å². The molecule has 29 heavy (non-hydrogen) atoms. The van der Waals surface area contributed by atoms with Crippen molar-refractivity contribution in [2.45, 2.75) is 91.3 Å². The maximum absolute atomic E-state index is 12.5. The molecule has 0 aliphatic carbocycles. The Morgan fingerprint density at radius 3 is 1.72 bits per heavy atom. The molecule has 1 heterocycles. The van der Waals surface area contributed by atoms with E-state index in [4.69, 9.17) is 18.9 Å². The van der Waals surface area contributed by atoms with Crippen LogP contribution in [0.25, 0.3) is 0 Å². The number of likely N-dealkylation sites (N-methyl/N-ethyl adjacent to an activating group) is 1. The van der Waals surface area contributed by atoms with Gasteiger partial charge in [0, 0.05) is 13.6 Å². The van der Waals surface area contributed by atoms with E-state index in [-0.39, 0.29) is 13.1 Å². The number of rotatable bonds is 2. The molecular weight excluding hydrogens is 380 g/mol. The molecule has 2 amide bonds. The van der Waals surface area contributed by atoms with Gasteiger partial charge < -0.3 is 28.7 Å². The van der Waals surface area contributed by atoms with Crippen molar-refractivity contribution in [2.75, 3.05) is 20.1 Å². The fourth-order valence-corrected chi connectivity index (χ4v) is 2.59. The lowest BCUT2D eigenvalue weighted by Gasteiger charge is -2.31. The van der Waals surface area contributed by atoms with Crippen molar-refractivity contribution >= 4 is 18.3 Å². The minimum absolute atomic E-state index is 0.0754. The lowest BCUT2D eigenvalue weighted by atomic mass is 10.2. The van der Waals surface area contributed by atoms with E-state index in [0.29, 0.717) is 0 Å². The Kier molecular flexibility index (Phi) is 7.43. The largest absolute Gasteiger partial charge is 0.509 e. The number of carbonyl (C=O) groups excluding carboxylic acids is 3. The molecule has 0 aromatic heterocycles. The normalized spacial score (nSPS) is 20.1. The van der Waals surface area contributed by atoms with Crippen molar-refractivity contribution in [3.8, 4) is 0 Å². The van der Waals surface area contributed by atoms with E-state index >= 15 is 0 Å². The van der Waals surface area contributed by atoms with E-state index in [0.717, 1.165) is 0 Å². The van der Waals surface area contributed by atoms with Crippen LogP contribution in [-0.2, 0) is 18.9 Å². The molecule has 168 valence electrons. The van der Waals surface area contributed by atoms with E-state index in [1.807, 2.05) is 0 Å². The molecule has 2 atom stereocenters. The maximum atomic E-state index is 12.5. The zero-order chi connectivity index (χ0) is 22.8. The van der Waals surface area contributed by atoms with Gasteiger partial charge >= 0.3 is 18.3 Å². The molecule has 1 rings (SSSR count). The van der Waals surface area contributed by atoms with Gasteiger partial charge in [0.05, 0.1) is 12.6 Å². The summed E-state index contributed by atoms with van der Waals surface area (Å²) in [5.41, 5.74) is -2.09. The van der Waals surface area contributed by atoms with Gasteiger partial charge in [-0.25, -0.2) is 14.4 Å². The van der Waals surface area contributed by atoms with E-state index in [2.05, 4.69) is 0 Å². The lowest BCUT2D eigenvalue weighted by molar-refractivity contribution is -0.0401. The summed E-state index contributed by atoms with van der Waals surface area (Å²) in [4.78, 5) is 39.9. The second-order valence-corrected chi connectivity index (χ2v) is 10.2. The molecule has 1 saturated heterocycles. The minimum Gasteiger partial charge on any atom is -0.444 e. The summed E-state index contributed by atoms with van der Waals surface area (Å²) in [6.45, 7) is 15.9. The fraction of sp³-hybridized carbons (Fsp3) is 0.850. The van der Waals surface area contributed by atoms with Gasteiger partial charge in [-0.1, -0.05) is 0 Å². The van der Waals surface area contributed by atoms with E-state index in [1.54, 1.807) is 69.4 Å². The van der Waals surface area contributed by atoms with Crippen LogP contribution in [0.3, 0.4) is 0 Å². The molecule has 0 bridgehead atoms. The predicted octanol–water partition coefficient (Wildman–Crippen LogP) is 3.79. The van der Waals surface area contributed by atoms with Crippen LogP contribution >= 0.6 is 0 Å². The van der Waals surface area contributed by atoms with Crippen LogP contribution in [-0.4, -0.2) is 77.2 Å². The van der Waals surface area contributed by atoms with Gasteiger partial charge in [0.2, 0.25) is 0 Å². The second kappa shape index (κ2) is 8.67. The summed E-state index contributed by atoms with van der Waals surface area (Å²) in [7, 11) is 1.54. The summed E-state index contributed by atoms with van der Waals surface area (Å²) >= 11 is 0.